The quantitative estimate of drug-likeness (QED) is 0.715. The number of hydrogen-bond acceptors (Lipinski definition) is 4. The van der Waals surface area contributed by atoms with E-state index in [0.717, 1.165) is 12.8 Å². The highest BCUT2D eigenvalue weighted by Crippen LogP contribution is 2.24. The van der Waals surface area contributed by atoms with Gasteiger partial charge in [-0.1, -0.05) is 19.3 Å². The van der Waals surface area contributed by atoms with Crippen LogP contribution >= 0.6 is 0 Å². The fourth-order valence-corrected chi connectivity index (χ4v) is 4.28. The largest absolute Gasteiger partial charge is 0.383 e. The highest BCUT2D eigenvalue weighted by molar-refractivity contribution is 7.89. The predicted molar refractivity (Wildman–Crippen MR) is 97.1 cm³/mol. The standard InChI is InChI=1S/C18H28N2O4S/c1-3-20(16-7-5-4-6-8-16)18(21)15-9-11-17(12-10-15)25(22,23)19-13-14-24-2/h9-12,16,19H,3-8,13-14H2,1-2H3. The second kappa shape index (κ2) is 9.31. The Labute approximate surface area is 150 Å². The zero-order valence-electron chi connectivity index (χ0n) is 15.0. The number of carbonyl (C=O) groups is 1. The molecule has 1 aliphatic carbocycles. The molecular weight excluding hydrogens is 340 g/mol. The maximum atomic E-state index is 12.8. The molecule has 0 atom stereocenters. The number of methoxy groups -OCH3 is 1. The van der Waals surface area contributed by atoms with Crippen molar-refractivity contribution in [3.8, 4) is 0 Å². The van der Waals surface area contributed by atoms with Gasteiger partial charge in [0.25, 0.3) is 5.91 Å². The van der Waals surface area contributed by atoms with Gasteiger partial charge in [-0.25, -0.2) is 13.1 Å². The van der Waals surface area contributed by atoms with Crippen molar-refractivity contribution in [3.63, 3.8) is 0 Å². The van der Waals surface area contributed by atoms with Crippen LogP contribution in [0.5, 0.6) is 0 Å². The Bertz CT molecular complexity index is 652. The van der Waals surface area contributed by atoms with Crippen molar-refractivity contribution >= 4 is 15.9 Å². The van der Waals surface area contributed by atoms with Crippen molar-refractivity contribution in [1.29, 1.82) is 0 Å². The lowest BCUT2D eigenvalue weighted by molar-refractivity contribution is 0.0648. The first kappa shape index (κ1) is 19.9. The van der Waals surface area contributed by atoms with Gasteiger partial charge in [0.1, 0.15) is 0 Å². The number of rotatable bonds is 8. The van der Waals surface area contributed by atoms with E-state index in [0.29, 0.717) is 24.8 Å². The fourth-order valence-electron chi connectivity index (χ4n) is 3.26. The first-order valence-corrected chi connectivity index (χ1v) is 10.4. The Morgan fingerprint density at radius 3 is 2.40 bits per heavy atom. The third-order valence-electron chi connectivity index (χ3n) is 4.63. The number of hydrogen-bond donors (Lipinski definition) is 1. The van der Waals surface area contributed by atoms with Crippen LogP contribution in [0, 0.1) is 0 Å². The lowest BCUT2D eigenvalue weighted by atomic mass is 9.93. The van der Waals surface area contributed by atoms with Crippen LogP contribution < -0.4 is 4.72 Å². The number of ether oxygens (including phenoxy) is 1. The van der Waals surface area contributed by atoms with Gasteiger partial charge in [0, 0.05) is 31.8 Å². The van der Waals surface area contributed by atoms with Crippen LogP contribution in [0.2, 0.25) is 0 Å². The third-order valence-corrected chi connectivity index (χ3v) is 6.10. The topological polar surface area (TPSA) is 75.7 Å². The van der Waals surface area contributed by atoms with Crippen molar-refractivity contribution in [2.24, 2.45) is 0 Å². The molecule has 0 aliphatic heterocycles. The molecule has 140 valence electrons. The van der Waals surface area contributed by atoms with Gasteiger partial charge in [-0.05, 0) is 44.0 Å². The molecular formula is C18H28N2O4S. The Hall–Kier alpha value is -1.44. The van der Waals surface area contributed by atoms with Crippen LogP contribution in [0.1, 0.15) is 49.4 Å². The van der Waals surface area contributed by atoms with Crippen LogP contribution in [-0.4, -0.2) is 52.1 Å². The zero-order valence-corrected chi connectivity index (χ0v) is 15.8. The van der Waals surface area contributed by atoms with Gasteiger partial charge in [0.2, 0.25) is 10.0 Å². The summed E-state index contributed by atoms with van der Waals surface area (Å²) < 4.78 is 31.6. The average molecular weight is 368 g/mol. The average Bonchev–Trinajstić information content (AvgIpc) is 2.63. The molecule has 25 heavy (non-hydrogen) atoms. The summed E-state index contributed by atoms with van der Waals surface area (Å²) in [5.41, 5.74) is 0.531. The molecule has 7 heteroatoms. The smallest absolute Gasteiger partial charge is 0.254 e. The van der Waals surface area contributed by atoms with E-state index in [9.17, 15) is 13.2 Å². The monoisotopic (exact) mass is 368 g/mol. The minimum atomic E-state index is -3.58. The first-order valence-electron chi connectivity index (χ1n) is 8.89. The molecule has 1 aromatic rings. The molecule has 1 aliphatic rings. The Morgan fingerprint density at radius 2 is 1.84 bits per heavy atom. The molecule has 0 bridgehead atoms. The SMILES string of the molecule is CCN(C(=O)c1ccc(S(=O)(=O)NCCOC)cc1)C1CCCCC1. The maximum Gasteiger partial charge on any atom is 0.254 e. The van der Waals surface area contributed by atoms with E-state index in [4.69, 9.17) is 4.74 Å². The molecule has 0 unspecified atom stereocenters. The van der Waals surface area contributed by atoms with Gasteiger partial charge in [-0.15, -0.1) is 0 Å². The zero-order chi connectivity index (χ0) is 18.3. The number of benzene rings is 1. The normalized spacial score (nSPS) is 15.9. The minimum Gasteiger partial charge on any atom is -0.383 e. The minimum absolute atomic E-state index is 0.0225. The van der Waals surface area contributed by atoms with E-state index in [-0.39, 0.29) is 17.3 Å². The van der Waals surface area contributed by atoms with Crippen molar-refractivity contribution in [2.45, 2.75) is 50.0 Å². The van der Waals surface area contributed by atoms with E-state index < -0.39 is 10.0 Å². The molecule has 0 aromatic heterocycles. The van der Waals surface area contributed by atoms with Crippen LogP contribution in [0.3, 0.4) is 0 Å². The molecule has 1 N–H and O–H groups in total. The second-order valence-corrected chi connectivity index (χ2v) is 8.06. The number of nitrogens with zero attached hydrogens (tertiary/aromatic N) is 1. The Kier molecular flexibility index (Phi) is 7.40. The summed E-state index contributed by atoms with van der Waals surface area (Å²) in [7, 11) is -2.06. The predicted octanol–water partition coefficient (Wildman–Crippen LogP) is 2.41. The van der Waals surface area contributed by atoms with Crippen molar-refractivity contribution in [2.75, 3.05) is 26.8 Å². The van der Waals surface area contributed by atoms with E-state index >= 15 is 0 Å². The van der Waals surface area contributed by atoms with E-state index in [2.05, 4.69) is 4.72 Å². The summed E-state index contributed by atoms with van der Waals surface area (Å²) in [6.45, 7) is 3.18. The van der Waals surface area contributed by atoms with E-state index in [1.807, 2.05) is 11.8 Å². The molecule has 0 saturated heterocycles. The van der Waals surface area contributed by atoms with Crippen LogP contribution in [0.25, 0.3) is 0 Å². The molecule has 0 radical (unpaired) electrons. The van der Waals surface area contributed by atoms with Gasteiger partial charge in [0.15, 0.2) is 0 Å². The summed E-state index contributed by atoms with van der Waals surface area (Å²) in [5.74, 6) is -0.0225. The molecule has 0 heterocycles. The van der Waals surface area contributed by atoms with E-state index in [1.54, 1.807) is 12.1 Å². The molecule has 2 rings (SSSR count). The lowest BCUT2D eigenvalue weighted by Gasteiger charge is -2.33. The molecule has 1 aromatic carbocycles. The summed E-state index contributed by atoms with van der Waals surface area (Å²) in [6.07, 6.45) is 5.67. The Balaban J connectivity index is 2.08. The number of nitrogens with one attached hydrogen (secondary N) is 1. The molecule has 1 saturated carbocycles. The van der Waals surface area contributed by atoms with Crippen LogP contribution in [0.4, 0.5) is 0 Å². The van der Waals surface area contributed by atoms with Crippen molar-refractivity contribution in [3.05, 3.63) is 29.8 Å². The summed E-state index contributed by atoms with van der Waals surface area (Å²) >= 11 is 0. The van der Waals surface area contributed by atoms with Crippen molar-refractivity contribution in [1.82, 2.24) is 9.62 Å². The van der Waals surface area contributed by atoms with E-state index in [1.165, 1.54) is 38.5 Å². The van der Waals surface area contributed by atoms with Crippen molar-refractivity contribution < 1.29 is 17.9 Å². The lowest BCUT2D eigenvalue weighted by Crippen LogP contribution is -2.41. The Morgan fingerprint density at radius 1 is 1.20 bits per heavy atom. The molecule has 6 nitrogen and oxygen atoms in total. The van der Waals surface area contributed by atoms with Gasteiger partial charge in [0.05, 0.1) is 11.5 Å². The highest BCUT2D eigenvalue weighted by Gasteiger charge is 2.25. The highest BCUT2D eigenvalue weighted by atomic mass is 32.2. The van der Waals surface area contributed by atoms with Crippen LogP contribution in [0.15, 0.2) is 29.2 Å². The number of sulfonamides is 1. The molecule has 0 spiro atoms. The van der Waals surface area contributed by atoms with Gasteiger partial charge in [-0.3, -0.25) is 4.79 Å². The number of amides is 1. The molecule has 1 amide bonds. The van der Waals surface area contributed by atoms with Gasteiger partial charge < -0.3 is 9.64 Å². The van der Waals surface area contributed by atoms with Crippen LogP contribution in [-0.2, 0) is 14.8 Å². The second-order valence-electron chi connectivity index (χ2n) is 6.30. The summed E-state index contributed by atoms with van der Waals surface area (Å²) in [5, 5.41) is 0. The number of carbonyl (C=O) groups excluding carboxylic acids is 1. The fraction of sp³-hybridized carbons (Fsp3) is 0.611. The molecule has 1 fully saturated rings. The third kappa shape index (κ3) is 5.26. The summed E-state index contributed by atoms with van der Waals surface area (Å²) in [6, 6.07) is 6.45. The van der Waals surface area contributed by atoms with Gasteiger partial charge in [-0.2, -0.15) is 0 Å². The summed E-state index contributed by atoms with van der Waals surface area (Å²) in [4.78, 5) is 14.9. The first-order chi connectivity index (χ1) is 12.0. The van der Waals surface area contributed by atoms with Gasteiger partial charge >= 0.3 is 0 Å². The maximum absolute atomic E-state index is 12.8.